The van der Waals surface area contributed by atoms with Gasteiger partial charge in [0.25, 0.3) is 0 Å². The maximum absolute atomic E-state index is 6.18. The highest BCUT2D eigenvalue weighted by Crippen LogP contribution is 2.37. The normalized spacial score (nSPS) is 22.0. The van der Waals surface area contributed by atoms with Gasteiger partial charge in [0.1, 0.15) is 18.5 Å². The minimum absolute atomic E-state index is 0.0862. The Morgan fingerprint density at radius 1 is 1.06 bits per heavy atom. The Hall–Kier alpha value is -2.33. The molecule has 1 aromatic carbocycles. The van der Waals surface area contributed by atoms with E-state index >= 15 is 0 Å². The second-order valence-corrected chi connectivity index (χ2v) is 9.03. The Morgan fingerprint density at radius 3 is 2.47 bits per heavy atom. The van der Waals surface area contributed by atoms with Gasteiger partial charge < -0.3 is 34.0 Å². The summed E-state index contributed by atoms with van der Waals surface area (Å²) >= 11 is 0. The quantitative estimate of drug-likeness (QED) is 0.682. The van der Waals surface area contributed by atoms with Crippen molar-refractivity contribution in [3.05, 3.63) is 30.5 Å². The van der Waals surface area contributed by atoms with Gasteiger partial charge in [-0.3, -0.25) is 0 Å². The molecule has 2 aliphatic rings. The highest BCUT2D eigenvalue weighted by molar-refractivity contribution is 6.63. The number of anilines is 1. The molecule has 2 N–H and O–H groups in total. The molecule has 9 heteroatoms. The number of hydrogen-bond acceptors (Lipinski definition) is 8. The van der Waals surface area contributed by atoms with Crippen molar-refractivity contribution in [2.24, 2.45) is 0 Å². The molecule has 32 heavy (non-hydrogen) atoms. The molecule has 0 amide bonds. The first-order chi connectivity index (χ1) is 15.2. The summed E-state index contributed by atoms with van der Waals surface area (Å²) in [6.45, 7) is 10.2. The highest BCUT2D eigenvalue weighted by Gasteiger charge is 2.52. The number of nitrogens with two attached hydrogens (primary N) is 1. The average Bonchev–Trinajstić information content (AvgIpc) is 3.00. The van der Waals surface area contributed by atoms with Crippen LogP contribution in [0.5, 0.6) is 11.5 Å². The molecule has 0 saturated carbocycles. The number of nitrogens with zero attached hydrogens (tertiary/aromatic N) is 1. The lowest BCUT2D eigenvalue weighted by Gasteiger charge is -2.32. The van der Waals surface area contributed by atoms with Gasteiger partial charge in [-0.2, -0.15) is 0 Å². The largest absolute Gasteiger partial charge is 0.498 e. The maximum atomic E-state index is 6.18. The lowest BCUT2D eigenvalue weighted by atomic mass is 9.78. The fourth-order valence-corrected chi connectivity index (χ4v) is 3.59. The summed E-state index contributed by atoms with van der Waals surface area (Å²) < 4.78 is 34.9. The summed E-state index contributed by atoms with van der Waals surface area (Å²) in [5.74, 6) is 1.64. The average molecular weight is 442 g/mol. The molecule has 2 fully saturated rings. The molecule has 1 aromatic heterocycles. The van der Waals surface area contributed by atoms with Crippen molar-refractivity contribution in [3.63, 3.8) is 0 Å². The molecule has 0 bridgehead atoms. The summed E-state index contributed by atoms with van der Waals surface area (Å²) in [5, 5.41) is 0. The first-order valence-corrected chi connectivity index (χ1v) is 10.8. The fraction of sp³-hybridized carbons (Fsp3) is 0.522. The molecule has 4 rings (SSSR count). The molecule has 172 valence electrons. The van der Waals surface area contributed by atoms with Gasteiger partial charge in [-0.05, 0) is 57.0 Å². The number of benzene rings is 1. The van der Waals surface area contributed by atoms with Crippen LogP contribution in [0.15, 0.2) is 30.5 Å². The monoisotopic (exact) mass is 442 g/mol. The molecule has 0 spiro atoms. The van der Waals surface area contributed by atoms with Gasteiger partial charge >= 0.3 is 7.12 Å². The molecule has 0 unspecified atom stereocenters. The van der Waals surface area contributed by atoms with E-state index in [0.29, 0.717) is 49.2 Å². The summed E-state index contributed by atoms with van der Waals surface area (Å²) in [7, 11) is 1.03. The second-order valence-electron chi connectivity index (χ2n) is 9.03. The van der Waals surface area contributed by atoms with Crippen LogP contribution in [-0.4, -0.2) is 62.9 Å². The Bertz CT molecular complexity index is 945. The number of ether oxygens (including phenoxy) is 4. The minimum atomic E-state index is -0.588. The third-order valence-corrected chi connectivity index (χ3v) is 6.26. The SMILES string of the molecule is COc1cc(-c2cnc(N)c(B3OC(C)(C)C(C)(C)O3)c2)ccc1OC[C@H]1COCCO1. The predicted octanol–water partition coefficient (Wildman–Crippen LogP) is 2.43. The molecule has 3 heterocycles. The summed E-state index contributed by atoms with van der Waals surface area (Å²) in [5.41, 5.74) is 7.74. The van der Waals surface area contributed by atoms with Gasteiger partial charge in [0.2, 0.25) is 0 Å². The summed E-state index contributed by atoms with van der Waals surface area (Å²) in [4.78, 5) is 4.39. The van der Waals surface area contributed by atoms with Crippen molar-refractivity contribution in [3.8, 4) is 22.6 Å². The first-order valence-electron chi connectivity index (χ1n) is 10.8. The number of nitrogen functional groups attached to an aromatic ring is 1. The topological polar surface area (TPSA) is 94.3 Å². The number of hydrogen-bond donors (Lipinski definition) is 1. The van der Waals surface area contributed by atoms with E-state index in [0.717, 1.165) is 11.1 Å². The van der Waals surface area contributed by atoms with Crippen molar-refractivity contribution in [1.29, 1.82) is 0 Å². The van der Waals surface area contributed by atoms with Crippen LogP contribution in [0.4, 0.5) is 5.82 Å². The van der Waals surface area contributed by atoms with Gasteiger partial charge in [-0.15, -0.1) is 0 Å². The van der Waals surface area contributed by atoms with E-state index < -0.39 is 18.3 Å². The summed E-state index contributed by atoms with van der Waals surface area (Å²) in [6.07, 6.45) is 1.64. The molecular formula is C23H31BN2O6. The zero-order valence-electron chi connectivity index (χ0n) is 19.3. The van der Waals surface area contributed by atoms with Crippen LogP contribution in [0.3, 0.4) is 0 Å². The third-order valence-electron chi connectivity index (χ3n) is 6.26. The van der Waals surface area contributed by atoms with Crippen LogP contribution in [0.2, 0.25) is 0 Å². The minimum Gasteiger partial charge on any atom is -0.493 e. The van der Waals surface area contributed by atoms with E-state index in [-0.39, 0.29) is 6.10 Å². The first kappa shape index (κ1) is 22.9. The van der Waals surface area contributed by atoms with Crippen molar-refractivity contribution in [2.75, 3.05) is 39.3 Å². The lowest BCUT2D eigenvalue weighted by Crippen LogP contribution is -2.41. The van der Waals surface area contributed by atoms with Crippen molar-refractivity contribution in [1.82, 2.24) is 4.98 Å². The predicted molar refractivity (Wildman–Crippen MR) is 122 cm³/mol. The highest BCUT2D eigenvalue weighted by atomic mass is 16.7. The standard InChI is InChI=1S/C23H31BN2O6/c1-22(2)23(3,4)32-24(31-22)18-10-16(12-26-21(18)25)15-6-7-19(20(11-15)27-5)30-14-17-13-28-8-9-29-17/h6-7,10-12,17H,8-9,13-14H2,1-5H3,(H2,25,26)/t17-/m1/s1. The zero-order chi connectivity index (χ0) is 22.9. The van der Waals surface area contributed by atoms with Gasteiger partial charge in [0.15, 0.2) is 11.5 Å². The Balaban J connectivity index is 1.55. The Kier molecular flexibility index (Phi) is 6.36. The van der Waals surface area contributed by atoms with Crippen LogP contribution in [0.1, 0.15) is 27.7 Å². The second kappa shape index (κ2) is 8.90. The van der Waals surface area contributed by atoms with E-state index in [1.54, 1.807) is 13.3 Å². The molecule has 0 radical (unpaired) electrons. The van der Waals surface area contributed by atoms with Gasteiger partial charge in [0, 0.05) is 11.7 Å². The van der Waals surface area contributed by atoms with E-state index in [9.17, 15) is 0 Å². The van der Waals surface area contributed by atoms with Gasteiger partial charge in [-0.1, -0.05) is 6.07 Å². The Labute approximate surface area is 189 Å². The van der Waals surface area contributed by atoms with Crippen LogP contribution in [0, 0.1) is 0 Å². The van der Waals surface area contributed by atoms with Crippen LogP contribution in [0.25, 0.3) is 11.1 Å². The smallest absolute Gasteiger partial charge is 0.493 e. The summed E-state index contributed by atoms with van der Waals surface area (Å²) in [6, 6.07) is 7.70. The molecule has 2 aliphatic heterocycles. The maximum Gasteiger partial charge on any atom is 0.498 e. The number of pyridine rings is 1. The van der Waals surface area contributed by atoms with Crippen molar-refractivity contribution >= 4 is 18.4 Å². The third kappa shape index (κ3) is 4.57. The molecule has 2 aromatic rings. The fourth-order valence-electron chi connectivity index (χ4n) is 3.59. The molecule has 2 saturated heterocycles. The van der Waals surface area contributed by atoms with Crippen molar-refractivity contribution in [2.45, 2.75) is 45.0 Å². The van der Waals surface area contributed by atoms with E-state index in [1.165, 1.54) is 0 Å². The van der Waals surface area contributed by atoms with E-state index in [2.05, 4.69) is 4.98 Å². The van der Waals surface area contributed by atoms with Crippen LogP contribution >= 0.6 is 0 Å². The molecule has 8 nitrogen and oxygen atoms in total. The zero-order valence-corrected chi connectivity index (χ0v) is 19.3. The van der Waals surface area contributed by atoms with E-state index in [1.807, 2.05) is 52.0 Å². The Morgan fingerprint density at radius 2 is 1.81 bits per heavy atom. The molecular weight excluding hydrogens is 411 g/mol. The number of methoxy groups -OCH3 is 1. The van der Waals surface area contributed by atoms with Gasteiger partial charge in [-0.25, -0.2) is 4.98 Å². The lowest BCUT2D eigenvalue weighted by molar-refractivity contribution is -0.101. The molecule has 1 atom stereocenters. The number of aromatic nitrogens is 1. The van der Waals surface area contributed by atoms with Crippen molar-refractivity contribution < 1.29 is 28.3 Å². The van der Waals surface area contributed by atoms with E-state index in [4.69, 9.17) is 34.0 Å². The van der Waals surface area contributed by atoms with Crippen LogP contribution in [-0.2, 0) is 18.8 Å². The number of rotatable bonds is 6. The van der Waals surface area contributed by atoms with Gasteiger partial charge in [0.05, 0.1) is 38.1 Å². The van der Waals surface area contributed by atoms with Crippen LogP contribution < -0.4 is 20.7 Å². The molecule has 0 aliphatic carbocycles.